The fourth-order valence-electron chi connectivity index (χ4n) is 3.68. The number of amides is 2. The summed E-state index contributed by atoms with van der Waals surface area (Å²) in [6.45, 7) is 3.59. The molecule has 2 aromatic carbocycles. The Morgan fingerprint density at radius 1 is 1.06 bits per heavy atom. The third kappa shape index (κ3) is 3.31. The number of aryl methyl sites for hydroxylation is 1. The van der Waals surface area contributed by atoms with E-state index in [0.717, 1.165) is 10.5 Å². The second-order valence-electron chi connectivity index (χ2n) is 7.09. The van der Waals surface area contributed by atoms with Gasteiger partial charge in [-0.05, 0) is 38.1 Å². The van der Waals surface area contributed by atoms with Gasteiger partial charge >= 0.3 is 5.97 Å². The van der Waals surface area contributed by atoms with Crippen molar-refractivity contribution in [2.75, 3.05) is 16.5 Å². The Balaban J connectivity index is 1.77. The lowest BCUT2D eigenvalue weighted by Gasteiger charge is -2.22. The van der Waals surface area contributed by atoms with E-state index < -0.39 is 34.7 Å². The molecule has 0 bridgehead atoms. The highest BCUT2D eigenvalue weighted by atomic mass is 16.6. The van der Waals surface area contributed by atoms with Crippen molar-refractivity contribution < 1.29 is 24.0 Å². The van der Waals surface area contributed by atoms with Crippen molar-refractivity contribution in [2.24, 2.45) is 11.0 Å². The van der Waals surface area contributed by atoms with Crippen molar-refractivity contribution in [1.29, 1.82) is 0 Å². The largest absolute Gasteiger partial charge is 0.461 e. The maximum absolute atomic E-state index is 13.3. The van der Waals surface area contributed by atoms with E-state index in [2.05, 4.69) is 5.10 Å². The number of non-ortho nitro benzene ring substituents is 1. The van der Waals surface area contributed by atoms with E-state index in [9.17, 15) is 24.5 Å². The summed E-state index contributed by atoms with van der Waals surface area (Å²) in [5.74, 6) is -3.04. The van der Waals surface area contributed by atoms with Crippen LogP contribution >= 0.6 is 0 Å². The van der Waals surface area contributed by atoms with Crippen molar-refractivity contribution >= 4 is 40.6 Å². The number of anilines is 2. The Bertz CT molecular complexity index is 1110. The molecule has 1 fully saturated rings. The van der Waals surface area contributed by atoms with E-state index in [1.807, 2.05) is 6.92 Å². The van der Waals surface area contributed by atoms with Gasteiger partial charge in [0.15, 0.2) is 5.71 Å². The average Bonchev–Trinajstić information content (AvgIpc) is 3.26. The summed E-state index contributed by atoms with van der Waals surface area (Å²) in [6, 6.07) is 11.1. The number of fused-ring (bicyclic) bond motifs is 1. The molecule has 10 heteroatoms. The first-order chi connectivity index (χ1) is 14.8. The number of esters is 1. The van der Waals surface area contributed by atoms with Gasteiger partial charge in [-0.2, -0.15) is 5.10 Å². The number of carbonyl (C=O) groups excluding carboxylic acids is 3. The molecule has 0 saturated carbocycles. The van der Waals surface area contributed by atoms with Crippen LogP contribution in [0.4, 0.5) is 17.1 Å². The zero-order valence-corrected chi connectivity index (χ0v) is 16.7. The minimum absolute atomic E-state index is 0.0799. The molecule has 0 radical (unpaired) electrons. The van der Waals surface area contributed by atoms with Crippen molar-refractivity contribution in [3.8, 4) is 0 Å². The summed E-state index contributed by atoms with van der Waals surface area (Å²) < 4.78 is 5.04. The fraction of sp³-hybridized carbons (Fsp3) is 0.238. The number of nitrogens with zero attached hydrogens (tertiary/aromatic N) is 4. The molecule has 2 heterocycles. The summed E-state index contributed by atoms with van der Waals surface area (Å²) in [6.07, 6.45) is 0. The van der Waals surface area contributed by atoms with Gasteiger partial charge in [0.2, 0.25) is 5.91 Å². The highest BCUT2D eigenvalue weighted by Gasteiger charge is 2.59. The molecule has 31 heavy (non-hydrogen) atoms. The van der Waals surface area contributed by atoms with Crippen LogP contribution in [0.25, 0.3) is 0 Å². The first kappa shape index (κ1) is 20.2. The molecule has 2 aromatic rings. The lowest BCUT2D eigenvalue weighted by atomic mass is 9.97. The number of nitro benzene ring substituents is 1. The number of nitro groups is 1. The van der Waals surface area contributed by atoms with Crippen molar-refractivity contribution in [3.63, 3.8) is 0 Å². The smallest absolute Gasteiger partial charge is 0.355 e. The zero-order valence-electron chi connectivity index (χ0n) is 16.7. The van der Waals surface area contributed by atoms with E-state index in [1.165, 1.54) is 29.3 Å². The third-order valence-electron chi connectivity index (χ3n) is 5.15. The van der Waals surface area contributed by atoms with Crippen LogP contribution < -0.4 is 9.91 Å². The summed E-state index contributed by atoms with van der Waals surface area (Å²) in [5, 5.41) is 16.4. The van der Waals surface area contributed by atoms with E-state index in [-0.39, 0.29) is 18.0 Å². The molecule has 4 rings (SSSR count). The van der Waals surface area contributed by atoms with Crippen LogP contribution in [0.15, 0.2) is 53.6 Å². The molecule has 2 atom stereocenters. The Morgan fingerprint density at radius 2 is 1.68 bits per heavy atom. The van der Waals surface area contributed by atoms with Crippen LogP contribution in [-0.2, 0) is 19.1 Å². The molecule has 2 unspecified atom stereocenters. The van der Waals surface area contributed by atoms with Gasteiger partial charge in [0.1, 0.15) is 12.0 Å². The molecule has 0 aliphatic carbocycles. The Kier molecular flexibility index (Phi) is 4.97. The topological polar surface area (TPSA) is 122 Å². The number of benzene rings is 2. The lowest BCUT2D eigenvalue weighted by molar-refractivity contribution is -0.384. The second-order valence-corrected chi connectivity index (χ2v) is 7.09. The third-order valence-corrected chi connectivity index (χ3v) is 5.15. The second kappa shape index (κ2) is 7.63. The van der Waals surface area contributed by atoms with Gasteiger partial charge in [0.05, 0.1) is 22.9 Å². The predicted octanol–water partition coefficient (Wildman–Crippen LogP) is 2.20. The number of rotatable bonds is 5. The number of hydrogen-bond donors (Lipinski definition) is 0. The lowest BCUT2D eigenvalue weighted by Crippen LogP contribution is -2.39. The molecular weight excluding hydrogens is 404 g/mol. The standard InChI is InChI=1S/C21H18N4O6/c1-3-31-21(28)17-16-18(24(22-17)14-8-10-15(11-9-14)25(29)30)20(27)23(19(16)26)13-6-4-12(2)5-7-13/h4-11,16,18H,3H2,1-2H3. The van der Waals surface area contributed by atoms with Gasteiger partial charge in [-0.15, -0.1) is 0 Å². The van der Waals surface area contributed by atoms with Gasteiger partial charge < -0.3 is 4.74 Å². The van der Waals surface area contributed by atoms with Crippen LogP contribution in [0.1, 0.15) is 12.5 Å². The molecule has 0 N–H and O–H groups in total. The van der Waals surface area contributed by atoms with Gasteiger partial charge in [-0.1, -0.05) is 17.7 Å². The molecule has 0 spiro atoms. The van der Waals surface area contributed by atoms with Gasteiger partial charge in [0.25, 0.3) is 11.6 Å². The van der Waals surface area contributed by atoms with E-state index >= 15 is 0 Å². The highest BCUT2D eigenvalue weighted by molar-refractivity contribution is 6.47. The minimum Gasteiger partial charge on any atom is -0.461 e. The molecule has 2 aliphatic heterocycles. The van der Waals surface area contributed by atoms with E-state index in [1.54, 1.807) is 31.2 Å². The number of carbonyl (C=O) groups is 3. The Hall–Kier alpha value is -4.08. The quantitative estimate of drug-likeness (QED) is 0.313. The molecule has 10 nitrogen and oxygen atoms in total. The molecule has 0 aromatic heterocycles. The monoisotopic (exact) mass is 422 g/mol. The van der Waals surface area contributed by atoms with Crippen LogP contribution in [0.3, 0.4) is 0 Å². The van der Waals surface area contributed by atoms with Crippen molar-refractivity contribution in [1.82, 2.24) is 0 Å². The number of imide groups is 1. The van der Waals surface area contributed by atoms with Crippen LogP contribution in [-0.4, -0.2) is 41.1 Å². The summed E-state index contributed by atoms with van der Waals surface area (Å²) >= 11 is 0. The van der Waals surface area contributed by atoms with E-state index in [4.69, 9.17) is 4.74 Å². The molecule has 2 amide bonds. The maximum Gasteiger partial charge on any atom is 0.355 e. The maximum atomic E-state index is 13.3. The normalized spacial score (nSPS) is 20.0. The predicted molar refractivity (Wildman–Crippen MR) is 111 cm³/mol. The number of hydrogen-bond acceptors (Lipinski definition) is 8. The van der Waals surface area contributed by atoms with Crippen molar-refractivity contribution in [3.05, 3.63) is 64.2 Å². The molecular formula is C21H18N4O6. The van der Waals surface area contributed by atoms with Gasteiger partial charge in [-0.25, -0.2) is 9.69 Å². The molecule has 158 valence electrons. The van der Waals surface area contributed by atoms with Gasteiger partial charge in [0, 0.05) is 12.1 Å². The van der Waals surface area contributed by atoms with Crippen LogP contribution in [0.2, 0.25) is 0 Å². The summed E-state index contributed by atoms with van der Waals surface area (Å²) in [5.41, 5.74) is 1.39. The molecule has 2 aliphatic rings. The summed E-state index contributed by atoms with van der Waals surface area (Å²) in [7, 11) is 0. The number of hydrazone groups is 1. The first-order valence-electron chi connectivity index (χ1n) is 9.57. The van der Waals surface area contributed by atoms with E-state index in [0.29, 0.717) is 11.4 Å². The fourth-order valence-corrected chi connectivity index (χ4v) is 3.68. The Morgan fingerprint density at radius 3 is 2.26 bits per heavy atom. The Labute approximate surface area is 176 Å². The van der Waals surface area contributed by atoms with Gasteiger partial charge in [-0.3, -0.25) is 24.7 Å². The van der Waals surface area contributed by atoms with Crippen LogP contribution in [0, 0.1) is 23.0 Å². The van der Waals surface area contributed by atoms with Crippen molar-refractivity contribution in [2.45, 2.75) is 19.9 Å². The minimum atomic E-state index is -1.14. The highest BCUT2D eigenvalue weighted by Crippen LogP contribution is 2.38. The first-order valence-corrected chi connectivity index (χ1v) is 9.57. The summed E-state index contributed by atoms with van der Waals surface area (Å²) in [4.78, 5) is 50.5. The average molecular weight is 422 g/mol. The zero-order chi connectivity index (χ0) is 22.3. The SMILES string of the molecule is CCOC(=O)C1=NN(c2ccc([N+](=O)[O-])cc2)C2C(=O)N(c3ccc(C)cc3)C(=O)C12. The number of ether oxygens (including phenoxy) is 1. The van der Waals surface area contributed by atoms with Crippen LogP contribution in [0.5, 0.6) is 0 Å². The molecule has 1 saturated heterocycles.